The monoisotopic (exact) mass is 222 g/mol. The van der Waals surface area contributed by atoms with Crippen LogP contribution in [-0.4, -0.2) is 17.4 Å². The highest BCUT2D eigenvalue weighted by molar-refractivity contribution is 7.08. The van der Waals surface area contributed by atoms with Gasteiger partial charge in [0.2, 0.25) is 0 Å². The van der Waals surface area contributed by atoms with Crippen molar-refractivity contribution < 1.29 is 9.90 Å². The van der Waals surface area contributed by atoms with Crippen LogP contribution in [0.5, 0.6) is 0 Å². The molecule has 0 amide bonds. The molecule has 1 aromatic rings. The molecule has 1 aliphatic rings. The van der Waals surface area contributed by atoms with Gasteiger partial charge in [0.15, 0.2) is 0 Å². The lowest BCUT2D eigenvalue weighted by atomic mass is 10.1. The van der Waals surface area contributed by atoms with E-state index < -0.39 is 5.97 Å². The van der Waals surface area contributed by atoms with Crippen molar-refractivity contribution in [3.63, 3.8) is 0 Å². The molecule has 2 heterocycles. The molecule has 1 aromatic heterocycles. The molecule has 1 aliphatic heterocycles. The minimum atomic E-state index is -0.858. The number of thiophene rings is 1. The van der Waals surface area contributed by atoms with Crippen LogP contribution < -0.4 is 9.89 Å². The van der Waals surface area contributed by atoms with Crippen LogP contribution in [0.1, 0.15) is 19.8 Å². The first-order chi connectivity index (χ1) is 7.24. The summed E-state index contributed by atoms with van der Waals surface area (Å²) in [5, 5.41) is 11.7. The van der Waals surface area contributed by atoms with Crippen molar-refractivity contribution in [1.82, 2.24) is 0 Å². The first kappa shape index (κ1) is 10.0. The van der Waals surface area contributed by atoms with Gasteiger partial charge in [-0.25, -0.2) is 14.8 Å². The smallest absolute Gasteiger partial charge is 0.333 e. The van der Waals surface area contributed by atoms with E-state index in [4.69, 9.17) is 5.11 Å². The summed E-state index contributed by atoms with van der Waals surface area (Å²) < 4.78 is 0.747. The third-order valence-electron chi connectivity index (χ3n) is 2.16. The topological polar surface area (TPSA) is 62.0 Å². The molecule has 78 valence electrons. The highest BCUT2D eigenvalue weighted by Crippen LogP contribution is 2.11. The second-order valence-corrected chi connectivity index (χ2v) is 4.09. The maximum Gasteiger partial charge on any atom is 0.333 e. The summed E-state index contributed by atoms with van der Waals surface area (Å²) in [5.74, 6) is -0.858. The molecule has 0 atom stereocenters. The van der Waals surface area contributed by atoms with E-state index in [1.165, 1.54) is 17.7 Å². The van der Waals surface area contributed by atoms with E-state index in [1.54, 1.807) is 0 Å². The number of carboxylic acids is 1. The minimum absolute atomic E-state index is 0.443. The van der Waals surface area contributed by atoms with Crippen LogP contribution in [0.3, 0.4) is 0 Å². The van der Waals surface area contributed by atoms with Crippen LogP contribution in [0.2, 0.25) is 0 Å². The van der Waals surface area contributed by atoms with Crippen LogP contribution in [0.25, 0.3) is 5.57 Å². The number of aliphatic carboxylic acids is 1. The van der Waals surface area contributed by atoms with Crippen molar-refractivity contribution in [3.8, 4) is 0 Å². The van der Waals surface area contributed by atoms with Crippen molar-refractivity contribution in [2.75, 3.05) is 0 Å². The Hall–Kier alpha value is -1.49. The lowest BCUT2D eigenvalue weighted by molar-refractivity contribution is -0.130. The van der Waals surface area contributed by atoms with Crippen LogP contribution in [0.15, 0.2) is 15.4 Å². The standard InChI is InChI=1S/C10H10N2O2S/c1-2-3-6(10(13)14)9-8-7(4-15-9)11-5-12-8/h4-5H,2-3H2,1H3,(H,13,14). The molecule has 0 unspecified atom stereocenters. The minimum Gasteiger partial charge on any atom is -0.478 e. The average Bonchev–Trinajstić information content (AvgIpc) is 2.75. The van der Waals surface area contributed by atoms with E-state index in [0.717, 1.165) is 16.6 Å². The molecule has 0 saturated carbocycles. The Morgan fingerprint density at radius 1 is 1.60 bits per heavy atom. The molecule has 2 rings (SSSR count). The molecule has 0 radical (unpaired) electrons. The SMILES string of the molecule is CCCC(C(=O)O)=c1scc2c1=NC=N2. The Bertz CT molecular complexity index is 542. The maximum absolute atomic E-state index is 11.1. The summed E-state index contributed by atoms with van der Waals surface area (Å²) in [5.41, 5.74) is 1.22. The predicted molar refractivity (Wildman–Crippen MR) is 59.2 cm³/mol. The van der Waals surface area contributed by atoms with Gasteiger partial charge in [-0.05, 0) is 6.42 Å². The van der Waals surface area contributed by atoms with Crippen LogP contribution in [-0.2, 0) is 4.79 Å². The van der Waals surface area contributed by atoms with Gasteiger partial charge in [0.05, 0.1) is 10.1 Å². The third kappa shape index (κ3) is 1.70. The van der Waals surface area contributed by atoms with E-state index in [9.17, 15) is 4.79 Å². The van der Waals surface area contributed by atoms with Gasteiger partial charge >= 0.3 is 5.97 Å². The third-order valence-corrected chi connectivity index (χ3v) is 3.18. The summed E-state index contributed by atoms with van der Waals surface area (Å²) in [4.78, 5) is 19.2. The molecule has 4 nitrogen and oxygen atoms in total. The highest BCUT2D eigenvalue weighted by Gasteiger charge is 2.12. The summed E-state index contributed by atoms with van der Waals surface area (Å²) in [6.07, 6.45) is 2.85. The fourth-order valence-corrected chi connectivity index (χ4v) is 2.49. The summed E-state index contributed by atoms with van der Waals surface area (Å²) in [6.45, 7) is 1.96. The Morgan fingerprint density at radius 3 is 3.07 bits per heavy atom. The first-order valence-electron chi connectivity index (χ1n) is 4.68. The molecule has 15 heavy (non-hydrogen) atoms. The molecule has 1 N–H and O–H groups in total. The van der Waals surface area contributed by atoms with Crippen LogP contribution in [0.4, 0.5) is 5.69 Å². The fraction of sp³-hybridized carbons (Fsp3) is 0.300. The Kier molecular flexibility index (Phi) is 2.64. The number of rotatable bonds is 3. The van der Waals surface area contributed by atoms with Crippen LogP contribution >= 0.6 is 11.3 Å². The van der Waals surface area contributed by atoms with Gasteiger partial charge in [-0.3, -0.25) is 0 Å². The fourth-order valence-electron chi connectivity index (χ4n) is 1.49. The summed E-state index contributed by atoms with van der Waals surface area (Å²) in [7, 11) is 0. The van der Waals surface area contributed by atoms with E-state index in [-0.39, 0.29) is 0 Å². The number of hydrogen-bond acceptors (Lipinski definition) is 4. The van der Waals surface area contributed by atoms with E-state index in [2.05, 4.69) is 9.98 Å². The van der Waals surface area contributed by atoms with Gasteiger partial charge in [0.25, 0.3) is 0 Å². The predicted octanol–water partition coefficient (Wildman–Crippen LogP) is 1.08. The zero-order valence-electron chi connectivity index (χ0n) is 8.23. The lowest BCUT2D eigenvalue weighted by Gasteiger charge is -1.96. The normalized spacial score (nSPS) is 14.7. The molecular weight excluding hydrogens is 212 g/mol. The number of hydrogen-bond donors (Lipinski definition) is 1. The number of fused-ring (bicyclic) bond motifs is 1. The number of carbonyl (C=O) groups is 1. The van der Waals surface area contributed by atoms with Gasteiger partial charge in [0.1, 0.15) is 17.4 Å². The van der Waals surface area contributed by atoms with Gasteiger partial charge in [-0.15, -0.1) is 11.3 Å². The van der Waals surface area contributed by atoms with Crippen molar-refractivity contribution in [2.45, 2.75) is 19.8 Å². The highest BCUT2D eigenvalue weighted by atomic mass is 32.1. The molecule has 0 aliphatic carbocycles. The Labute approximate surface area is 90.3 Å². The largest absolute Gasteiger partial charge is 0.478 e. The molecule has 0 spiro atoms. The number of nitrogens with zero attached hydrogens (tertiary/aromatic N) is 2. The Morgan fingerprint density at radius 2 is 2.40 bits per heavy atom. The Balaban J connectivity index is 2.68. The molecule has 0 fully saturated rings. The van der Waals surface area contributed by atoms with Crippen molar-refractivity contribution in [2.24, 2.45) is 9.98 Å². The number of carboxylic acid groups (broad SMARTS) is 1. The second kappa shape index (κ2) is 3.94. The first-order valence-corrected chi connectivity index (χ1v) is 5.56. The van der Waals surface area contributed by atoms with Gasteiger partial charge in [-0.2, -0.15) is 0 Å². The summed E-state index contributed by atoms with van der Waals surface area (Å²) in [6, 6.07) is 0. The van der Waals surface area contributed by atoms with Crippen molar-refractivity contribution in [3.05, 3.63) is 15.3 Å². The molecule has 0 bridgehead atoms. The van der Waals surface area contributed by atoms with E-state index in [0.29, 0.717) is 17.4 Å². The second-order valence-electron chi connectivity index (χ2n) is 3.21. The maximum atomic E-state index is 11.1. The average molecular weight is 222 g/mol. The molecule has 0 aromatic carbocycles. The molecule has 5 heteroatoms. The van der Waals surface area contributed by atoms with Crippen molar-refractivity contribution >= 4 is 34.9 Å². The lowest BCUT2D eigenvalue weighted by Crippen LogP contribution is -2.24. The zero-order chi connectivity index (χ0) is 10.8. The summed E-state index contributed by atoms with van der Waals surface area (Å²) >= 11 is 1.40. The van der Waals surface area contributed by atoms with E-state index >= 15 is 0 Å². The van der Waals surface area contributed by atoms with Crippen molar-refractivity contribution in [1.29, 1.82) is 0 Å². The van der Waals surface area contributed by atoms with Gasteiger partial charge < -0.3 is 5.11 Å². The van der Waals surface area contributed by atoms with Gasteiger partial charge in [0, 0.05) is 5.38 Å². The quantitative estimate of drug-likeness (QED) is 0.831. The van der Waals surface area contributed by atoms with E-state index in [1.807, 2.05) is 12.3 Å². The van der Waals surface area contributed by atoms with Gasteiger partial charge in [-0.1, -0.05) is 13.3 Å². The molecular formula is C10H10N2O2S. The zero-order valence-corrected chi connectivity index (χ0v) is 9.04. The van der Waals surface area contributed by atoms with Crippen LogP contribution in [0, 0.1) is 0 Å². The number of aliphatic imine (C=N–C) groups is 1. The molecule has 0 saturated heterocycles.